The number of benzene rings is 1. The van der Waals surface area contributed by atoms with Gasteiger partial charge < -0.3 is 5.11 Å². The Labute approximate surface area is 102 Å². The maximum Gasteiger partial charge on any atom is 0.0909 e. The molecule has 0 fully saturated rings. The average Bonchev–Trinajstić information content (AvgIpc) is 2.63. The van der Waals surface area contributed by atoms with Gasteiger partial charge in [-0.3, -0.25) is 4.68 Å². The smallest absolute Gasteiger partial charge is 0.0909 e. The van der Waals surface area contributed by atoms with Gasteiger partial charge in [-0.25, -0.2) is 0 Å². The van der Waals surface area contributed by atoms with Crippen molar-refractivity contribution < 1.29 is 5.11 Å². The van der Waals surface area contributed by atoms with Crippen LogP contribution in [-0.2, 0) is 19.1 Å². The summed E-state index contributed by atoms with van der Waals surface area (Å²) in [6, 6.07) is 7.99. The number of hydrogen-bond acceptors (Lipinski definition) is 2. The lowest BCUT2D eigenvalue weighted by molar-refractivity contribution is 0.0575. The molecule has 2 aromatic rings. The van der Waals surface area contributed by atoms with Crippen molar-refractivity contribution in [2.45, 2.75) is 25.9 Å². The fraction of sp³-hybridized carbons (Fsp3) is 0.357. The van der Waals surface area contributed by atoms with E-state index in [1.165, 1.54) is 0 Å². The van der Waals surface area contributed by atoms with E-state index in [0.29, 0.717) is 6.42 Å². The van der Waals surface area contributed by atoms with Crippen molar-refractivity contribution >= 4 is 0 Å². The Morgan fingerprint density at radius 1 is 1.41 bits per heavy atom. The zero-order valence-corrected chi connectivity index (χ0v) is 10.5. The Kier molecular flexibility index (Phi) is 3.03. The Balaban J connectivity index is 2.24. The molecule has 0 bridgehead atoms. The van der Waals surface area contributed by atoms with Crippen LogP contribution < -0.4 is 0 Å². The van der Waals surface area contributed by atoms with Crippen LogP contribution in [-0.4, -0.2) is 14.9 Å². The van der Waals surface area contributed by atoms with Crippen LogP contribution in [0.3, 0.4) is 0 Å². The maximum atomic E-state index is 10.5. The Bertz CT molecular complexity index is 514. The quantitative estimate of drug-likeness (QED) is 0.877. The van der Waals surface area contributed by atoms with E-state index in [4.69, 9.17) is 0 Å². The molecular formula is C14H18N2O. The topological polar surface area (TPSA) is 38.1 Å². The van der Waals surface area contributed by atoms with Gasteiger partial charge in [-0.1, -0.05) is 29.8 Å². The molecule has 17 heavy (non-hydrogen) atoms. The molecule has 0 radical (unpaired) electrons. The normalized spacial score (nSPS) is 14.6. The molecule has 3 nitrogen and oxygen atoms in total. The van der Waals surface area contributed by atoms with Gasteiger partial charge in [0, 0.05) is 19.7 Å². The van der Waals surface area contributed by atoms with Crippen molar-refractivity contribution in [1.29, 1.82) is 0 Å². The van der Waals surface area contributed by atoms with Crippen LogP contribution >= 0.6 is 0 Å². The third-order valence-electron chi connectivity index (χ3n) is 2.95. The van der Waals surface area contributed by atoms with Gasteiger partial charge in [0.05, 0.1) is 11.8 Å². The highest BCUT2D eigenvalue weighted by atomic mass is 16.3. The first-order chi connectivity index (χ1) is 7.97. The molecule has 90 valence electrons. The third kappa shape index (κ3) is 2.74. The molecule has 1 unspecified atom stereocenters. The molecule has 0 saturated carbocycles. The number of aromatic nitrogens is 2. The highest BCUT2D eigenvalue weighted by Gasteiger charge is 2.24. The second kappa shape index (κ2) is 4.34. The van der Waals surface area contributed by atoms with Crippen LogP contribution in [0.15, 0.2) is 36.7 Å². The third-order valence-corrected chi connectivity index (χ3v) is 2.95. The lowest BCUT2D eigenvalue weighted by Gasteiger charge is -2.23. The molecule has 0 aliphatic rings. The summed E-state index contributed by atoms with van der Waals surface area (Å²) in [5.41, 5.74) is 2.30. The zero-order chi connectivity index (χ0) is 12.5. The molecule has 0 aliphatic carbocycles. The van der Waals surface area contributed by atoms with Gasteiger partial charge in [0.2, 0.25) is 0 Å². The molecular weight excluding hydrogens is 212 g/mol. The first-order valence-electron chi connectivity index (χ1n) is 5.74. The van der Waals surface area contributed by atoms with Crippen LogP contribution in [0.5, 0.6) is 0 Å². The summed E-state index contributed by atoms with van der Waals surface area (Å²) in [5, 5.41) is 14.7. The minimum Gasteiger partial charge on any atom is -0.385 e. The zero-order valence-electron chi connectivity index (χ0n) is 10.5. The van der Waals surface area contributed by atoms with Crippen molar-refractivity contribution in [3.05, 3.63) is 53.3 Å². The monoisotopic (exact) mass is 230 g/mol. The fourth-order valence-electron chi connectivity index (χ4n) is 2.04. The predicted octanol–water partition coefficient (Wildman–Crippen LogP) is 2.18. The van der Waals surface area contributed by atoms with Crippen molar-refractivity contribution in [3.63, 3.8) is 0 Å². The first kappa shape index (κ1) is 11.9. The molecule has 2 rings (SSSR count). The second-order valence-corrected chi connectivity index (χ2v) is 4.84. The highest BCUT2D eigenvalue weighted by molar-refractivity contribution is 5.28. The summed E-state index contributed by atoms with van der Waals surface area (Å²) in [5.74, 6) is 0. The molecule has 1 N–H and O–H groups in total. The van der Waals surface area contributed by atoms with E-state index in [-0.39, 0.29) is 0 Å². The minimum atomic E-state index is -0.852. The molecule has 1 aromatic heterocycles. The Morgan fingerprint density at radius 3 is 2.76 bits per heavy atom. The minimum absolute atomic E-state index is 0.574. The fourth-order valence-corrected chi connectivity index (χ4v) is 2.04. The van der Waals surface area contributed by atoms with Crippen LogP contribution in [0, 0.1) is 6.92 Å². The molecule has 0 saturated heterocycles. The first-order valence-corrected chi connectivity index (χ1v) is 5.74. The lowest BCUT2D eigenvalue weighted by atomic mass is 9.89. The number of aliphatic hydroxyl groups is 1. The number of hydrogen-bond donors (Lipinski definition) is 1. The predicted molar refractivity (Wildman–Crippen MR) is 67.7 cm³/mol. The molecule has 3 heteroatoms. The van der Waals surface area contributed by atoms with Crippen LogP contribution in [0.2, 0.25) is 0 Å². The van der Waals surface area contributed by atoms with Crippen molar-refractivity contribution in [2.75, 3.05) is 0 Å². The van der Waals surface area contributed by atoms with E-state index in [1.54, 1.807) is 10.9 Å². The van der Waals surface area contributed by atoms with E-state index in [1.807, 2.05) is 51.4 Å². The van der Waals surface area contributed by atoms with Gasteiger partial charge in [-0.15, -0.1) is 0 Å². The van der Waals surface area contributed by atoms with Crippen LogP contribution in [0.1, 0.15) is 23.6 Å². The van der Waals surface area contributed by atoms with E-state index in [9.17, 15) is 5.11 Å². The van der Waals surface area contributed by atoms with Gasteiger partial charge in [-0.05, 0) is 25.0 Å². The van der Waals surface area contributed by atoms with Gasteiger partial charge in [-0.2, -0.15) is 5.10 Å². The second-order valence-electron chi connectivity index (χ2n) is 4.84. The number of nitrogens with zero attached hydrogens (tertiary/aromatic N) is 2. The number of aryl methyl sites for hydroxylation is 2. The average molecular weight is 230 g/mol. The summed E-state index contributed by atoms with van der Waals surface area (Å²) in [7, 11) is 1.88. The largest absolute Gasteiger partial charge is 0.385 e. The Morgan fingerprint density at radius 2 is 2.18 bits per heavy atom. The SMILES string of the molecule is Cc1cccc(C(C)(O)Cc2cnn(C)c2)c1. The standard InChI is InChI=1S/C14H18N2O/c1-11-5-4-6-13(7-11)14(2,17)8-12-9-15-16(3)10-12/h4-7,9-10,17H,8H2,1-3H3. The van der Waals surface area contributed by atoms with Crippen LogP contribution in [0.25, 0.3) is 0 Å². The molecule has 1 atom stereocenters. The van der Waals surface area contributed by atoms with E-state index < -0.39 is 5.60 Å². The number of rotatable bonds is 3. The molecule has 0 amide bonds. The van der Waals surface area contributed by atoms with Gasteiger partial charge in [0.1, 0.15) is 0 Å². The van der Waals surface area contributed by atoms with E-state index >= 15 is 0 Å². The molecule has 1 heterocycles. The summed E-state index contributed by atoms with van der Waals surface area (Å²) >= 11 is 0. The highest BCUT2D eigenvalue weighted by Crippen LogP contribution is 2.25. The van der Waals surface area contributed by atoms with Crippen molar-refractivity contribution in [1.82, 2.24) is 9.78 Å². The molecule has 1 aromatic carbocycles. The summed E-state index contributed by atoms with van der Waals surface area (Å²) in [4.78, 5) is 0. The molecule has 0 spiro atoms. The lowest BCUT2D eigenvalue weighted by Crippen LogP contribution is -2.24. The summed E-state index contributed by atoms with van der Waals surface area (Å²) in [6.07, 6.45) is 4.30. The van der Waals surface area contributed by atoms with Gasteiger partial charge in [0.15, 0.2) is 0 Å². The van der Waals surface area contributed by atoms with Gasteiger partial charge >= 0.3 is 0 Å². The maximum absolute atomic E-state index is 10.5. The van der Waals surface area contributed by atoms with E-state index in [0.717, 1.165) is 16.7 Å². The van der Waals surface area contributed by atoms with Crippen LogP contribution in [0.4, 0.5) is 0 Å². The molecule has 0 aliphatic heterocycles. The van der Waals surface area contributed by atoms with Crippen molar-refractivity contribution in [3.8, 4) is 0 Å². The van der Waals surface area contributed by atoms with E-state index in [2.05, 4.69) is 5.10 Å². The summed E-state index contributed by atoms with van der Waals surface area (Å²) in [6.45, 7) is 3.87. The van der Waals surface area contributed by atoms with Gasteiger partial charge in [0.25, 0.3) is 0 Å². The summed E-state index contributed by atoms with van der Waals surface area (Å²) < 4.78 is 1.75. The Hall–Kier alpha value is -1.61. The van der Waals surface area contributed by atoms with Crippen molar-refractivity contribution in [2.24, 2.45) is 7.05 Å².